The molecule has 0 spiro atoms. The first-order valence-electron chi connectivity index (χ1n) is 9.21. The molecule has 10 nitrogen and oxygen atoms in total. The van der Waals surface area contributed by atoms with Crippen LogP contribution in [0.4, 0.5) is 0 Å². The Morgan fingerprint density at radius 3 is 2.83 bits per heavy atom. The normalized spacial score (nSPS) is 16.1. The van der Waals surface area contributed by atoms with Crippen molar-refractivity contribution in [3.63, 3.8) is 0 Å². The Labute approximate surface area is 169 Å². The van der Waals surface area contributed by atoms with Gasteiger partial charge in [0.1, 0.15) is 5.69 Å². The van der Waals surface area contributed by atoms with Crippen LogP contribution in [-0.2, 0) is 4.79 Å². The lowest BCUT2D eigenvalue weighted by Crippen LogP contribution is -2.19. The molecule has 0 atom stereocenters. The highest BCUT2D eigenvalue weighted by atomic mass is 16.3. The number of carbonyl (C=O) groups excluding carboxylic acids is 1. The van der Waals surface area contributed by atoms with Gasteiger partial charge in [0.25, 0.3) is 0 Å². The highest BCUT2D eigenvalue weighted by Crippen LogP contribution is 2.22. The molecular weight excluding hydrogens is 386 g/mol. The Balaban J connectivity index is 1.89. The van der Waals surface area contributed by atoms with Gasteiger partial charge in [-0.25, -0.2) is 9.78 Å². The van der Waals surface area contributed by atoms with E-state index in [9.17, 15) is 14.7 Å². The van der Waals surface area contributed by atoms with Crippen molar-refractivity contribution >= 4 is 23.7 Å². The molecule has 0 saturated heterocycles. The fourth-order valence-electron chi connectivity index (χ4n) is 2.82. The summed E-state index contributed by atoms with van der Waals surface area (Å²) in [7, 11) is 0. The number of carbonyl (C=O) groups is 1. The fraction of sp³-hybridized carbons (Fsp3) is 0.150. The van der Waals surface area contributed by atoms with Crippen LogP contribution >= 0.6 is 0 Å². The van der Waals surface area contributed by atoms with Crippen molar-refractivity contribution in [2.45, 2.75) is 18.9 Å². The zero-order chi connectivity index (χ0) is 21.3. The Hall–Kier alpha value is -4.21. The Morgan fingerprint density at radius 2 is 2.20 bits per heavy atom. The summed E-state index contributed by atoms with van der Waals surface area (Å²) in [6.45, 7) is 3.57. The molecule has 0 aliphatic heterocycles. The molecule has 0 radical (unpaired) electrons. The molecule has 3 heterocycles. The van der Waals surface area contributed by atoms with Gasteiger partial charge in [0.15, 0.2) is 11.1 Å². The molecule has 1 saturated carbocycles. The maximum Gasteiger partial charge on any atom is 0.326 e. The van der Waals surface area contributed by atoms with Crippen molar-refractivity contribution in [3.05, 3.63) is 75.2 Å². The number of allylic oxidation sites excluding steroid dienone is 2. The minimum atomic E-state index is -0.583. The second-order valence-electron chi connectivity index (χ2n) is 6.78. The third-order valence-corrected chi connectivity index (χ3v) is 4.41. The van der Waals surface area contributed by atoms with Crippen molar-refractivity contribution in [2.75, 3.05) is 0 Å². The predicted octanol–water partition coefficient (Wildman–Crippen LogP) is -0.327. The van der Waals surface area contributed by atoms with E-state index in [2.05, 4.69) is 31.6 Å². The Morgan fingerprint density at radius 1 is 1.40 bits per heavy atom. The molecular formula is C20H19N7O3. The number of hydrogen-bond donors (Lipinski definition) is 4. The van der Waals surface area contributed by atoms with Gasteiger partial charge < -0.3 is 15.8 Å². The van der Waals surface area contributed by atoms with E-state index in [1.54, 1.807) is 35.0 Å². The summed E-state index contributed by atoms with van der Waals surface area (Å²) in [6, 6.07) is 2.01. The minimum absolute atomic E-state index is 0.211. The van der Waals surface area contributed by atoms with Gasteiger partial charge >= 0.3 is 5.69 Å². The zero-order valence-corrected chi connectivity index (χ0v) is 15.9. The molecule has 30 heavy (non-hydrogen) atoms. The summed E-state index contributed by atoms with van der Waals surface area (Å²) in [5, 5.41) is 14.8. The smallest absolute Gasteiger partial charge is 0.326 e. The van der Waals surface area contributed by atoms with Gasteiger partial charge in [-0.2, -0.15) is 9.61 Å². The van der Waals surface area contributed by atoms with Crippen LogP contribution in [0, 0.1) is 0 Å². The lowest BCUT2D eigenvalue weighted by atomic mass is 10.2. The van der Waals surface area contributed by atoms with Crippen molar-refractivity contribution in [1.29, 1.82) is 0 Å². The lowest BCUT2D eigenvalue weighted by molar-refractivity contribution is -0.114. The first-order valence-corrected chi connectivity index (χ1v) is 9.21. The summed E-state index contributed by atoms with van der Waals surface area (Å²) in [5.74, 6) is -0.862. The standard InChI is InChI=1S/C20H19N7O3/c1-2-3-11(17(21)28)4-5-14-9-16(23-13-6-7-13)27-18(24-14)12(10-22-27)8-15-19(29)26-20(30)25-15/h2-5,8-10,13,29H,1,6-7H2,(H2,21,28)(H2,25,26,30)/b5-4+,11-3+,12-8?,23-16?. The molecule has 1 aliphatic carbocycles. The first-order chi connectivity index (χ1) is 14.4. The molecule has 4 rings (SSSR count). The van der Waals surface area contributed by atoms with Crippen LogP contribution in [0.1, 0.15) is 24.2 Å². The number of nitrogens with zero attached hydrogens (tertiary/aromatic N) is 4. The van der Waals surface area contributed by atoms with Crippen LogP contribution < -0.4 is 22.1 Å². The number of imidazole rings is 1. The molecule has 3 aromatic rings. The monoisotopic (exact) mass is 405 g/mol. The molecule has 152 valence electrons. The van der Waals surface area contributed by atoms with E-state index in [0.717, 1.165) is 12.8 Å². The van der Waals surface area contributed by atoms with Gasteiger partial charge in [0, 0.05) is 16.9 Å². The van der Waals surface area contributed by atoms with E-state index >= 15 is 0 Å². The highest BCUT2D eigenvalue weighted by Gasteiger charge is 2.20. The Bertz CT molecular complexity index is 1380. The zero-order valence-electron chi connectivity index (χ0n) is 15.9. The number of amides is 1. The average Bonchev–Trinajstić information content (AvgIpc) is 3.33. The van der Waals surface area contributed by atoms with Crippen LogP contribution in [0.3, 0.4) is 0 Å². The number of primary amides is 1. The summed E-state index contributed by atoms with van der Waals surface area (Å²) in [5.41, 5.74) is 6.97. The third kappa shape index (κ3) is 3.97. The van der Waals surface area contributed by atoms with E-state index in [-0.39, 0.29) is 23.2 Å². The van der Waals surface area contributed by atoms with Crippen LogP contribution in [0.2, 0.25) is 0 Å². The number of nitrogens with one attached hydrogen (secondary N) is 2. The van der Waals surface area contributed by atoms with Crippen LogP contribution in [0.25, 0.3) is 17.8 Å². The van der Waals surface area contributed by atoms with Gasteiger partial charge in [-0.15, -0.1) is 0 Å². The van der Waals surface area contributed by atoms with E-state index < -0.39 is 11.6 Å². The van der Waals surface area contributed by atoms with Crippen molar-refractivity contribution < 1.29 is 9.90 Å². The van der Waals surface area contributed by atoms with Gasteiger partial charge in [-0.3, -0.25) is 14.8 Å². The van der Waals surface area contributed by atoms with Gasteiger partial charge in [-0.05, 0) is 31.1 Å². The number of nitrogens with two attached hydrogens (primary N) is 1. The molecule has 1 aliphatic rings. The third-order valence-electron chi connectivity index (χ3n) is 4.41. The van der Waals surface area contributed by atoms with E-state index in [1.165, 1.54) is 12.2 Å². The Kier molecular flexibility index (Phi) is 4.88. The van der Waals surface area contributed by atoms with Crippen molar-refractivity contribution in [2.24, 2.45) is 10.7 Å². The van der Waals surface area contributed by atoms with Gasteiger partial charge in [0.2, 0.25) is 11.8 Å². The number of fused-ring (bicyclic) bond motifs is 1. The van der Waals surface area contributed by atoms with Gasteiger partial charge in [0.05, 0.1) is 17.9 Å². The molecule has 1 fully saturated rings. The second kappa shape index (κ2) is 7.66. The molecule has 3 aromatic heterocycles. The maximum atomic E-state index is 11.5. The maximum absolute atomic E-state index is 11.5. The summed E-state index contributed by atoms with van der Waals surface area (Å²) in [6.07, 6.45) is 11.3. The second-order valence-corrected chi connectivity index (χ2v) is 6.78. The summed E-state index contributed by atoms with van der Waals surface area (Å²) < 4.78 is 1.60. The molecule has 10 heteroatoms. The van der Waals surface area contributed by atoms with E-state index in [1.807, 2.05) is 0 Å². The number of H-pyrrole nitrogens is 2. The molecule has 1 amide bonds. The highest BCUT2D eigenvalue weighted by molar-refractivity contribution is 5.96. The fourth-order valence-corrected chi connectivity index (χ4v) is 2.82. The molecule has 0 aromatic carbocycles. The number of hydrogen-bond acceptors (Lipinski definition) is 6. The van der Waals surface area contributed by atoms with Crippen molar-refractivity contribution in [3.8, 4) is 5.88 Å². The average molecular weight is 405 g/mol. The van der Waals surface area contributed by atoms with Gasteiger partial charge in [-0.1, -0.05) is 18.7 Å². The number of rotatable bonds is 6. The number of aromatic hydroxyl groups is 1. The minimum Gasteiger partial charge on any atom is -0.493 e. The number of aromatic amines is 2. The molecule has 0 unspecified atom stereocenters. The van der Waals surface area contributed by atoms with E-state index in [4.69, 9.17) is 5.73 Å². The van der Waals surface area contributed by atoms with Crippen molar-refractivity contribution in [1.82, 2.24) is 24.6 Å². The SMILES string of the molecule is C=C/C=C(\C=C\c1cc(=NC2CC2)n2ncc(=Cc3[nH]c(=O)[nH]c3O)c2n1)C(N)=O. The summed E-state index contributed by atoms with van der Waals surface area (Å²) >= 11 is 0. The topological polar surface area (TPSA) is 155 Å². The largest absolute Gasteiger partial charge is 0.493 e. The molecule has 0 bridgehead atoms. The lowest BCUT2D eigenvalue weighted by Gasteiger charge is -1.99. The van der Waals surface area contributed by atoms with Crippen LogP contribution in [0.15, 0.2) is 52.4 Å². The predicted molar refractivity (Wildman–Crippen MR) is 110 cm³/mol. The number of aromatic nitrogens is 5. The van der Waals surface area contributed by atoms with E-state index in [0.29, 0.717) is 22.0 Å². The first kappa shape index (κ1) is 19.1. The quantitative estimate of drug-likeness (QED) is 0.327. The van der Waals surface area contributed by atoms with Crippen LogP contribution in [-0.4, -0.2) is 41.6 Å². The molecule has 5 N–H and O–H groups in total. The summed E-state index contributed by atoms with van der Waals surface area (Å²) in [4.78, 5) is 36.9. The van der Waals surface area contributed by atoms with Crippen LogP contribution in [0.5, 0.6) is 5.88 Å².